The maximum Gasteiger partial charge on any atom is 0.314 e. The number of carboxylic acids is 1. The van der Waals surface area contributed by atoms with E-state index >= 15 is 0 Å². The van der Waals surface area contributed by atoms with E-state index in [9.17, 15) is 44.4 Å². The zero-order valence-corrected chi connectivity index (χ0v) is 28.4. The van der Waals surface area contributed by atoms with Crippen molar-refractivity contribution in [3.8, 4) is 0 Å². The van der Waals surface area contributed by atoms with Crippen molar-refractivity contribution in [2.45, 2.75) is 75.0 Å². The molecule has 3 aliphatic rings. The number of aliphatic hydroxyl groups is 3. The summed E-state index contributed by atoms with van der Waals surface area (Å²) in [7, 11) is 4.96. The monoisotopic (exact) mass is 723 g/mol. The van der Waals surface area contributed by atoms with Crippen LogP contribution in [0, 0.1) is 5.92 Å². The minimum Gasteiger partial charge on any atom is -0.547 e. The first kappa shape index (κ1) is 36.5. The van der Waals surface area contributed by atoms with Gasteiger partial charge in [-0.25, -0.2) is 9.97 Å². The number of aromatic nitrogens is 2. The zero-order chi connectivity index (χ0) is 35.8. The van der Waals surface area contributed by atoms with Gasteiger partial charge in [-0.05, 0) is 31.4 Å². The molecule has 5 rings (SSSR count). The second kappa shape index (κ2) is 14.6. The van der Waals surface area contributed by atoms with Crippen molar-refractivity contribution >= 4 is 58.4 Å². The fourth-order valence-electron chi connectivity index (χ4n) is 6.54. The highest BCUT2D eigenvalue weighted by Crippen LogP contribution is 2.35. The van der Waals surface area contributed by atoms with Crippen molar-refractivity contribution in [1.29, 1.82) is 0 Å². The number of quaternary nitrogens is 1. The summed E-state index contributed by atoms with van der Waals surface area (Å²) >= 11 is 6.91. The van der Waals surface area contributed by atoms with E-state index in [-0.39, 0.29) is 34.2 Å². The molecule has 2 aromatic heterocycles. The van der Waals surface area contributed by atoms with Gasteiger partial charge in [0.2, 0.25) is 12.1 Å². The normalized spacial score (nSPS) is 31.2. The van der Waals surface area contributed by atoms with Gasteiger partial charge in [0, 0.05) is 38.7 Å². The molecule has 1 saturated carbocycles. The lowest BCUT2D eigenvalue weighted by molar-refractivity contribution is -0.974. The molecule has 49 heavy (non-hydrogen) atoms. The molecule has 9 atom stereocenters. The molecule has 1 saturated heterocycles. The number of thiazole rings is 1. The minimum absolute atomic E-state index is 0.0658. The van der Waals surface area contributed by atoms with Crippen LogP contribution in [-0.4, -0.2) is 135 Å². The largest absolute Gasteiger partial charge is 0.547 e. The van der Waals surface area contributed by atoms with Crippen LogP contribution >= 0.6 is 22.9 Å². The van der Waals surface area contributed by atoms with Crippen LogP contribution in [0.5, 0.6) is 0 Å². The number of fused-ring (bicyclic) bond motifs is 1. The van der Waals surface area contributed by atoms with E-state index in [1.165, 1.54) is 23.2 Å². The van der Waals surface area contributed by atoms with E-state index in [1.807, 2.05) is 0 Å². The Morgan fingerprint density at radius 2 is 1.78 bits per heavy atom. The summed E-state index contributed by atoms with van der Waals surface area (Å²) in [4.78, 5) is 74.1. The Balaban J connectivity index is 1.29. The van der Waals surface area contributed by atoms with Crippen LogP contribution in [0.15, 0.2) is 18.3 Å². The predicted molar refractivity (Wildman–Crippen MR) is 169 cm³/mol. The van der Waals surface area contributed by atoms with Gasteiger partial charge in [0.1, 0.15) is 30.7 Å². The summed E-state index contributed by atoms with van der Waals surface area (Å²) in [6.07, 6.45) is -5.79. The molecule has 17 nitrogen and oxygen atoms in total. The van der Waals surface area contributed by atoms with Gasteiger partial charge in [-0.15, -0.1) is 11.3 Å². The van der Waals surface area contributed by atoms with E-state index < -0.39 is 72.3 Å². The quantitative estimate of drug-likeness (QED) is 0.127. The molecule has 266 valence electrons. The average Bonchev–Trinajstić information content (AvgIpc) is 3.48. The first-order chi connectivity index (χ1) is 23.1. The molecule has 0 bridgehead atoms. The number of carboxylic acid groups (broad SMARTS) is 1. The summed E-state index contributed by atoms with van der Waals surface area (Å²) in [6.45, 7) is 0.477. The second-order valence-corrected chi connectivity index (χ2v) is 14.5. The highest BCUT2D eigenvalue weighted by atomic mass is 35.5. The lowest BCUT2D eigenvalue weighted by Crippen LogP contribution is -2.70. The molecule has 19 heteroatoms. The van der Waals surface area contributed by atoms with E-state index in [1.54, 1.807) is 21.1 Å². The third-order valence-electron chi connectivity index (χ3n) is 9.22. The first-order valence-electron chi connectivity index (χ1n) is 15.6. The van der Waals surface area contributed by atoms with E-state index in [4.69, 9.17) is 16.3 Å². The number of hydrogen-bond donors (Lipinski definition) is 6. The number of pyridine rings is 1. The molecule has 0 aromatic carbocycles. The van der Waals surface area contributed by atoms with E-state index in [2.05, 4.69) is 25.9 Å². The Hall–Kier alpha value is -3.78. The number of aliphatic hydroxyl groups excluding tert-OH is 3. The number of likely N-dealkylation sites (N-methyl/N-ethyl adjacent to an activating group) is 1. The van der Waals surface area contributed by atoms with Crippen LogP contribution in [0.3, 0.4) is 0 Å². The summed E-state index contributed by atoms with van der Waals surface area (Å²) < 4.78 is 5.49. The fourth-order valence-corrected chi connectivity index (χ4v) is 7.81. The van der Waals surface area contributed by atoms with Gasteiger partial charge < -0.3 is 50.8 Å². The number of anilines is 1. The van der Waals surface area contributed by atoms with Gasteiger partial charge >= 0.3 is 11.8 Å². The topological polar surface area (TPSA) is 243 Å². The van der Waals surface area contributed by atoms with Crippen molar-refractivity contribution in [2.75, 3.05) is 33.0 Å². The Kier molecular flexibility index (Phi) is 10.9. The molecule has 2 aliphatic heterocycles. The van der Waals surface area contributed by atoms with Crippen LogP contribution in [0.4, 0.5) is 5.82 Å². The third kappa shape index (κ3) is 7.85. The maximum absolute atomic E-state index is 13.6. The van der Waals surface area contributed by atoms with Crippen molar-refractivity contribution < 1.29 is 53.6 Å². The smallest absolute Gasteiger partial charge is 0.314 e. The van der Waals surface area contributed by atoms with Crippen LogP contribution in [0.25, 0.3) is 0 Å². The highest BCUT2D eigenvalue weighted by Gasteiger charge is 2.53. The fraction of sp³-hybridized carbons (Fsp3) is 0.567. The second-order valence-electron chi connectivity index (χ2n) is 13.0. The number of rotatable bonds is 7. The molecule has 1 unspecified atom stereocenters. The van der Waals surface area contributed by atoms with Gasteiger partial charge in [-0.2, -0.15) is 0 Å². The van der Waals surface area contributed by atoms with Crippen molar-refractivity contribution in [1.82, 2.24) is 25.5 Å². The first-order valence-corrected chi connectivity index (χ1v) is 16.8. The van der Waals surface area contributed by atoms with Gasteiger partial charge in [-0.1, -0.05) is 11.6 Å². The van der Waals surface area contributed by atoms with Crippen LogP contribution < -0.4 is 21.1 Å². The van der Waals surface area contributed by atoms with Crippen molar-refractivity contribution in [3.63, 3.8) is 0 Å². The lowest BCUT2D eigenvalue weighted by atomic mass is 9.81. The number of aliphatic carboxylic acids is 1. The molecular formula is C30H38ClN7O10S. The highest BCUT2D eigenvalue weighted by molar-refractivity contribution is 7.13. The lowest BCUT2D eigenvalue weighted by Gasteiger charge is -2.50. The van der Waals surface area contributed by atoms with Crippen LogP contribution in [0.2, 0.25) is 5.02 Å². The summed E-state index contributed by atoms with van der Waals surface area (Å²) in [5.41, 5.74) is 0.620. The summed E-state index contributed by atoms with van der Waals surface area (Å²) in [5, 5.41) is 51.1. The molecule has 0 radical (unpaired) electrons. The molecular weight excluding hydrogens is 686 g/mol. The van der Waals surface area contributed by atoms with Gasteiger partial charge in [0.05, 0.1) is 41.2 Å². The predicted octanol–water partition coefficient (Wildman–Crippen LogP) is -2.64. The van der Waals surface area contributed by atoms with Crippen molar-refractivity contribution in [3.05, 3.63) is 38.9 Å². The molecule has 2 aromatic rings. The minimum atomic E-state index is -1.88. The number of amides is 4. The maximum atomic E-state index is 13.6. The number of hydrogen-bond acceptors (Lipinski definition) is 13. The summed E-state index contributed by atoms with van der Waals surface area (Å²) in [6, 6.07) is 1.51. The standard InChI is InChI=1S/C30H38ClN7O10S/c1-37(2)28(45)13-4-6-15(33-24(42)25(43)36-19-7-5-14(31)11-32-19)17(10-13)34-26(44)27-35-16-8-9-38(3,12-18(16)49-27)29-22(41)20(39)21(40)23(48-29)30(46)47/h5,7,11,13,15,17,20-23,29,39-41H,4,6,8-10,12H2,1-3H3,(H3-,32,33,34,36,42,43,44,46,47)/t13-,15-,17+,20-,21-,22+,23-,29+,38?/m0/s1. The number of carbonyl (C=O) groups is 5. The Morgan fingerprint density at radius 1 is 1.04 bits per heavy atom. The van der Waals surface area contributed by atoms with Crippen LogP contribution in [0.1, 0.15) is 39.6 Å². The summed E-state index contributed by atoms with van der Waals surface area (Å²) in [5.74, 6) is -4.67. The van der Waals surface area contributed by atoms with E-state index in [0.717, 1.165) is 11.3 Å². The van der Waals surface area contributed by atoms with Gasteiger partial charge in [0.15, 0.2) is 11.1 Å². The van der Waals surface area contributed by atoms with Gasteiger partial charge in [0.25, 0.3) is 5.91 Å². The number of nitrogens with one attached hydrogen (secondary N) is 3. The number of nitrogens with zero attached hydrogens (tertiary/aromatic N) is 4. The Labute approximate surface area is 289 Å². The molecule has 1 aliphatic carbocycles. The number of carbonyl (C=O) groups excluding carboxylic acids is 5. The molecule has 2 fully saturated rings. The van der Waals surface area contributed by atoms with Crippen LogP contribution in [-0.2, 0) is 36.9 Å². The Morgan fingerprint density at radius 3 is 2.43 bits per heavy atom. The van der Waals surface area contributed by atoms with Crippen molar-refractivity contribution in [2.24, 2.45) is 5.92 Å². The number of ether oxygens (including phenoxy) is 1. The molecule has 0 spiro atoms. The number of halogens is 1. The van der Waals surface area contributed by atoms with Gasteiger partial charge in [-0.3, -0.25) is 23.7 Å². The molecule has 4 amide bonds. The SMILES string of the molecule is CN(C)C(=O)[C@H]1CC[C@H](NC(=O)C(=O)Nc2ccc(Cl)cn2)[C@H](NC(=O)c2nc3c(s2)C[N+](C)([C@@H]2O[C@H](C(=O)[O-])[C@@H](O)[C@H](O)[C@H]2O)CC3)C1. The third-order valence-corrected chi connectivity index (χ3v) is 10.5. The zero-order valence-electron chi connectivity index (χ0n) is 26.9. The van der Waals surface area contributed by atoms with E-state index in [0.29, 0.717) is 41.4 Å². The molecule has 6 N–H and O–H groups in total. The average molecular weight is 724 g/mol. The Bertz CT molecular complexity index is 1610. The molecule has 4 heterocycles.